The summed E-state index contributed by atoms with van der Waals surface area (Å²) >= 11 is 0. The third kappa shape index (κ3) is 23.8. The van der Waals surface area contributed by atoms with Gasteiger partial charge >= 0.3 is 0 Å². The maximum Gasteiger partial charge on any atom is 0.245 e. The Morgan fingerprint density at radius 3 is 0.767 bits per heavy atom. The van der Waals surface area contributed by atoms with E-state index in [1.165, 1.54) is 23.9 Å². The summed E-state index contributed by atoms with van der Waals surface area (Å²) in [4.78, 5) is 150. The van der Waals surface area contributed by atoms with Crippen molar-refractivity contribution >= 4 is 59.1 Å². The van der Waals surface area contributed by atoms with E-state index >= 15 is 0 Å². The average Bonchev–Trinajstić information content (AvgIpc) is 1.75. The van der Waals surface area contributed by atoms with E-state index in [9.17, 15) is 47.9 Å². The molecule has 1 aliphatic rings. The Balaban J connectivity index is 2.34. The van der Waals surface area contributed by atoms with Crippen LogP contribution in [0.5, 0.6) is 0 Å². The minimum atomic E-state index is -1.27. The quantitative estimate of drug-likeness (QED) is 0.0915. The van der Waals surface area contributed by atoms with Crippen molar-refractivity contribution in [3.63, 3.8) is 0 Å². The van der Waals surface area contributed by atoms with E-state index in [2.05, 4.69) is 42.5 Å². The molecule has 480 valence electrons. The molecule has 1 fully saturated rings. The molecular formula is C66H106N10O10. The van der Waals surface area contributed by atoms with Gasteiger partial charge in [0.25, 0.3) is 0 Å². The Hall–Kier alpha value is -6.86. The molecule has 2 aromatic rings. The topological polar surface area (TPSA) is 273 Å². The first-order valence-electron chi connectivity index (χ1n) is 31.2. The summed E-state index contributed by atoms with van der Waals surface area (Å²) in [6, 6.07) is 6.01. The van der Waals surface area contributed by atoms with Gasteiger partial charge in [-0.15, -0.1) is 0 Å². The third-order valence-electron chi connectivity index (χ3n) is 15.3. The number of carbonyl (C=O) groups excluding carboxylic acids is 10. The van der Waals surface area contributed by atoms with Gasteiger partial charge in [0, 0.05) is 26.9 Å². The van der Waals surface area contributed by atoms with Crippen molar-refractivity contribution in [3.05, 3.63) is 71.8 Å². The first-order chi connectivity index (χ1) is 40.2. The highest BCUT2D eigenvalue weighted by atomic mass is 16.2. The Labute approximate surface area is 513 Å². The van der Waals surface area contributed by atoms with Crippen molar-refractivity contribution in [1.82, 2.24) is 52.3 Å². The Morgan fingerprint density at radius 2 is 0.523 bits per heavy atom. The van der Waals surface area contributed by atoms with Crippen LogP contribution < -0.4 is 42.5 Å². The molecule has 10 amide bonds. The Morgan fingerprint density at radius 1 is 0.302 bits per heavy atom. The van der Waals surface area contributed by atoms with Gasteiger partial charge in [-0.25, -0.2) is 0 Å². The smallest absolute Gasteiger partial charge is 0.245 e. The van der Waals surface area contributed by atoms with E-state index in [1.54, 1.807) is 76.2 Å². The lowest BCUT2D eigenvalue weighted by Crippen LogP contribution is -2.62. The highest BCUT2D eigenvalue weighted by Gasteiger charge is 2.41. The predicted molar refractivity (Wildman–Crippen MR) is 335 cm³/mol. The van der Waals surface area contributed by atoms with Crippen LogP contribution in [0.2, 0.25) is 0 Å². The zero-order valence-corrected chi connectivity index (χ0v) is 54.8. The van der Waals surface area contributed by atoms with Gasteiger partial charge in [-0.05, 0) is 97.0 Å². The molecule has 0 unspecified atom stereocenters. The normalized spacial score (nSPS) is 24.9. The van der Waals surface area contributed by atoms with Crippen LogP contribution in [0.25, 0.3) is 0 Å². The van der Waals surface area contributed by atoms with Gasteiger partial charge in [-0.1, -0.05) is 171 Å². The number of benzene rings is 2. The predicted octanol–water partition coefficient (Wildman–Crippen LogP) is 5.61. The third-order valence-corrected chi connectivity index (χ3v) is 15.3. The monoisotopic (exact) mass is 1200 g/mol. The molecule has 8 N–H and O–H groups in total. The zero-order chi connectivity index (χ0) is 64.9. The Bertz CT molecular complexity index is 2380. The number of amides is 10. The standard InChI is InChI=1S/C66H106N10O10/c1-37(2)29-47-57(77)69-51(35-45-25-21-19-22-26-45)59(79)67-49(31-39(5)6)61(81)74-56(44(15)16)66(86)76(18)54(34-42(11)12)64(84)72-48(30-38(3)4)58(78)70-52(36-46-27-23-20-24-28-46)60(80)68-50(32-40(7)8)62(82)73-55(43(13)14)65(85)75(17)53(33-41(9)10)63(83)71-47/h19-28,37-44,47-56H,29-36H2,1-18H3,(H,67,79)(H,68,80)(H,69,77)(H,70,78)(H,71,83)(H,72,84)(H,73,82)(H,74,81)/t47-,48-,49+,50+,51-,52-,53+,54+,55+,56+/m1/s1. The number of likely N-dealkylation sites (N-methyl/N-ethyl adjacent to an activating group) is 2. The van der Waals surface area contributed by atoms with Gasteiger partial charge < -0.3 is 52.3 Å². The minimum Gasteiger partial charge on any atom is -0.343 e. The fourth-order valence-corrected chi connectivity index (χ4v) is 10.6. The van der Waals surface area contributed by atoms with E-state index < -0.39 is 131 Å². The number of rotatable bonds is 18. The number of nitrogens with one attached hydrogen (secondary N) is 8. The van der Waals surface area contributed by atoms with E-state index in [0.717, 1.165) is 0 Å². The van der Waals surface area contributed by atoms with Gasteiger partial charge in [0.2, 0.25) is 59.1 Å². The van der Waals surface area contributed by atoms with Crippen LogP contribution in [0.4, 0.5) is 0 Å². The lowest BCUT2D eigenvalue weighted by atomic mass is 9.96. The van der Waals surface area contributed by atoms with E-state index in [0.29, 0.717) is 11.1 Å². The Kier molecular flexibility index (Phi) is 29.9. The molecule has 0 radical (unpaired) electrons. The summed E-state index contributed by atoms with van der Waals surface area (Å²) in [5.74, 6) is -8.41. The molecule has 0 aromatic heterocycles. The van der Waals surface area contributed by atoms with Crippen LogP contribution in [0.3, 0.4) is 0 Å². The van der Waals surface area contributed by atoms with Gasteiger partial charge in [-0.3, -0.25) is 47.9 Å². The number of hydrogen-bond donors (Lipinski definition) is 8. The summed E-state index contributed by atoms with van der Waals surface area (Å²) in [6.45, 7) is 29.6. The SMILES string of the molecule is CC(C)C[C@@H]1NC(=O)[C@@H](Cc2ccccc2)NC(=O)[C@@H](CC(C)C)NC(=O)[C@H](CC(C)C)N(C)C(=O)[C@H](C(C)C)NC(=O)[C@H](CC(C)C)NC(=O)[C@@H](Cc2ccccc2)NC(=O)[C@@H](CC(C)C)NC(=O)[C@H](CC(C)C)N(C)C(=O)[C@H](C(C)C)NC1=O. The molecule has 0 bridgehead atoms. The summed E-state index contributed by atoms with van der Waals surface area (Å²) in [7, 11) is 2.95. The zero-order valence-electron chi connectivity index (χ0n) is 54.8. The second-order valence-electron chi connectivity index (χ2n) is 26.9. The van der Waals surface area contributed by atoms with Gasteiger partial charge in [-0.2, -0.15) is 0 Å². The highest BCUT2D eigenvalue weighted by molar-refractivity contribution is 5.99. The maximum atomic E-state index is 14.9. The lowest BCUT2D eigenvalue weighted by Gasteiger charge is -2.35. The van der Waals surface area contributed by atoms with Crippen molar-refractivity contribution in [1.29, 1.82) is 0 Å². The summed E-state index contributed by atoms with van der Waals surface area (Å²) in [5, 5.41) is 23.2. The second-order valence-corrected chi connectivity index (χ2v) is 26.9. The molecular weight excluding hydrogens is 1090 g/mol. The molecule has 1 heterocycles. The van der Waals surface area contributed by atoms with Crippen molar-refractivity contribution in [2.75, 3.05) is 14.1 Å². The maximum absolute atomic E-state index is 14.9. The molecule has 2 aromatic carbocycles. The van der Waals surface area contributed by atoms with Gasteiger partial charge in [0.1, 0.15) is 60.4 Å². The molecule has 20 heteroatoms. The highest BCUT2D eigenvalue weighted by Crippen LogP contribution is 2.21. The van der Waals surface area contributed by atoms with Gasteiger partial charge in [0.15, 0.2) is 0 Å². The van der Waals surface area contributed by atoms with Crippen LogP contribution in [-0.2, 0) is 60.8 Å². The van der Waals surface area contributed by atoms with Crippen molar-refractivity contribution in [2.24, 2.45) is 47.3 Å². The van der Waals surface area contributed by atoms with Crippen molar-refractivity contribution < 1.29 is 47.9 Å². The fourth-order valence-electron chi connectivity index (χ4n) is 10.6. The molecule has 0 saturated carbocycles. The van der Waals surface area contributed by atoms with Crippen molar-refractivity contribution in [2.45, 2.75) is 223 Å². The largest absolute Gasteiger partial charge is 0.343 e. The van der Waals surface area contributed by atoms with E-state index in [4.69, 9.17) is 0 Å². The summed E-state index contributed by atoms with van der Waals surface area (Å²) in [6.07, 6.45) is 0.894. The molecule has 3 rings (SSSR count). The van der Waals surface area contributed by atoms with E-state index in [-0.39, 0.29) is 86.9 Å². The average molecular weight is 1200 g/mol. The van der Waals surface area contributed by atoms with E-state index in [1.807, 2.05) is 95.2 Å². The molecule has 20 nitrogen and oxygen atoms in total. The lowest BCUT2D eigenvalue weighted by molar-refractivity contribution is -0.145. The first-order valence-corrected chi connectivity index (χ1v) is 31.2. The van der Waals surface area contributed by atoms with Crippen LogP contribution in [0.15, 0.2) is 60.7 Å². The van der Waals surface area contributed by atoms with Crippen molar-refractivity contribution in [3.8, 4) is 0 Å². The molecule has 1 aliphatic heterocycles. The summed E-state index contributed by atoms with van der Waals surface area (Å²) in [5.41, 5.74) is 1.39. The van der Waals surface area contributed by atoms with Crippen LogP contribution in [0.1, 0.15) is 160 Å². The van der Waals surface area contributed by atoms with Crippen LogP contribution in [-0.4, -0.2) is 143 Å². The number of nitrogens with zero attached hydrogens (tertiary/aromatic N) is 2. The van der Waals surface area contributed by atoms with Crippen LogP contribution >= 0.6 is 0 Å². The first kappa shape index (κ1) is 73.4. The van der Waals surface area contributed by atoms with Gasteiger partial charge in [0.05, 0.1) is 0 Å². The molecule has 86 heavy (non-hydrogen) atoms. The minimum absolute atomic E-state index is 0.000829. The molecule has 0 aliphatic carbocycles. The number of hydrogen-bond acceptors (Lipinski definition) is 10. The molecule has 10 atom stereocenters. The second kappa shape index (κ2) is 35.1. The fraction of sp³-hybridized carbons (Fsp3) is 0.667. The molecule has 0 spiro atoms. The molecule has 1 saturated heterocycles. The number of carbonyl (C=O) groups is 10. The van der Waals surface area contributed by atoms with Crippen LogP contribution in [0, 0.1) is 47.3 Å². The summed E-state index contributed by atoms with van der Waals surface area (Å²) < 4.78 is 0.